The van der Waals surface area contributed by atoms with Gasteiger partial charge < -0.3 is 15.2 Å². The molecule has 0 radical (unpaired) electrons. The molecule has 0 saturated heterocycles. The number of nitrogens with two attached hydrogens (primary N) is 1. The van der Waals surface area contributed by atoms with Gasteiger partial charge >= 0.3 is 0 Å². The van der Waals surface area contributed by atoms with Crippen LogP contribution in [-0.2, 0) is 14.3 Å². The molecule has 15 heavy (non-hydrogen) atoms. The van der Waals surface area contributed by atoms with E-state index >= 15 is 0 Å². The van der Waals surface area contributed by atoms with Crippen LogP contribution in [0.25, 0.3) is 0 Å². The van der Waals surface area contributed by atoms with Crippen LogP contribution in [0.1, 0.15) is 32.1 Å². The molecule has 1 saturated carbocycles. The molecular weight excluding hydrogens is 194 g/mol. The molecule has 1 fully saturated rings. The summed E-state index contributed by atoms with van der Waals surface area (Å²) >= 11 is 0. The summed E-state index contributed by atoms with van der Waals surface area (Å²) < 4.78 is 10.3. The third kappa shape index (κ3) is 8.39. The number of rotatable bonds is 10. The van der Waals surface area contributed by atoms with Crippen molar-refractivity contribution in [2.75, 3.05) is 26.4 Å². The van der Waals surface area contributed by atoms with Gasteiger partial charge in [0.15, 0.2) is 0 Å². The summed E-state index contributed by atoms with van der Waals surface area (Å²) in [6.45, 7) is 1.79. The largest absolute Gasteiger partial charge is 0.379 e. The average molecular weight is 215 g/mol. The van der Waals surface area contributed by atoms with Crippen molar-refractivity contribution in [3.63, 3.8) is 0 Å². The van der Waals surface area contributed by atoms with E-state index in [0.29, 0.717) is 13.2 Å². The zero-order valence-electron chi connectivity index (χ0n) is 9.24. The van der Waals surface area contributed by atoms with Crippen LogP contribution >= 0.6 is 0 Å². The second-order valence-corrected chi connectivity index (χ2v) is 4.07. The van der Waals surface area contributed by atoms with Crippen LogP contribution in [0.4, 0.5) is 0 Å². The number of primary amides is 1. The molecule has 1 aliphatic rings. The lowest BCUT2D eigenvalue weighted by Crippen LogP contribution is -2.19. The molecule has 1 rings (SSSR count). The Bertz CT molecular complexity index is 181. The van der Waals surface area contributed by atoms with Crippen LogP contribution in [0.3, 0.4) is 0 Å². The standard InChI is InChI=1S/C11H21NO3/c12-11(13)9-15-8-7-14-6-2-1-3-10-4-5-10/h10H,1-9H2,(H2,12,13). The van der Waals surface area contributed by atoms with Crippen molar-refractivity contribution < 1.29 is 14.3 Å². The van der Waals surface area contributed by atoms with E-state index in [1.807, 2.05) is 0 Å². The second kappa shape index (κ2) is 7.65. The Labute approximate surface area is 91.1 Å². The summed E-state index contributed by atoms with van der Waals surface area (Å²) in [6.07, 6.45) is 6.63. The Balaban J connectivity index is 1.67. The molecule has 4 heteroatoms. The molecule has 0 heterocycles. The molecule has 2 N–H and O–H groups in total. The van der Waals surface area contributed by atoms with Crippen molar-refractivity contribution in [2.45, 2.75) is 32.1 Å². The minimum atomic E-state index is -0.431. The third-order valence-electron chi connectivity index (χ3n) is 2.46. The first-order chi connectivity index (χ1) is 7.29. The van der Waals surface area contributed by atoms with Gasteiger partial charge in [-0.3, -0.25) is 4.79 Å². The lowest BCUT2D eigenvalue weighted by atomic mass is 10.2. The van der Waals surface area contributed by atoms with Gasteiger partial charge in [-0.25, -0.2) is 0 Å². The zero-order chi connectivity index (χ0) is 10.9. The van der Waals surface area contributed by atoms with Gasteiger partial charge in [0.05, 0.1) is 13.2 Å². The van der Waals surface area contributed by atoms with Crippen molar-refractivity contribution in [1.29, 1.82) is 0 Å². The van der Waals surface area contributed by atoms with Crippen LogP contribution in [-0.4, -0.2) is 32.3 Å². The van der Waals surface area contributed by atoms with Crippen molar-refractivity contribution in [3.8, 4) is 0 Å². The number of hydrogen-bond donors (Lipinski definition) is 1. The molecule has 4 nitrogen and oxygen atoms in total. The third-order valence-corrected chi connectivity index (χ3v) is 2.46. The average Bonchev–Trinajstić information content (AvgIpc) is 2.98. The maximum Gasteiger partial charge on any atom is 0.243 e. The fourth-order valence-electron chi connectivity index (χ4n) is 1.44. The van der Waals surface area contributed by atoms with Gasteiger partial charge in [0.1, 0.15) is 6.61 Å². The van der Waals surface area contributed by atoms with Crippen molar-refractivity contribution in [1.82, 2.24) is 0 Å². The van der Waals surface area contributed by atoms with Gasteiger partial charge in [-0.05, 0) is 12.3 Å². The van der Waals surface area contributed by atoms with Gasteiger partial charge in [0.2, 0.25) is 5.91 Å². The Morgan fingerprint density at radius 3 is 2.53 bits per heavy atom. The fourth-order valence-corrected chi connectivity index (χ4v) is 1.44. The zero-order valence-corrected chi connectivity index (χ0v) is 9.24. The highest BCUT2D eigenvalue weighted by Gasteiger charge is 2.19. The van der Waals surface area contributed by atoms with Crippen LogP contribution in [0.15, 0.2) is 0 Å². The maximum absolute atomic E-state index is 10.3. The highest BCUT2D eigenvalue weighted by atomic mass is 16.5. The highest BCUT2D eigenvalue weighted by molar-refractivity contribution is 5.74. The van der Waals surface area contributed by atoms with Gasteiger partial charge in [0, 0.05) is 6.61 Å². The highest BCUT2D eigenvalue weighted by Crippen LogP contribution is 2.33. The first-order valence-electron chi connectivity index (χ1n) is 5.73. The molecule has 0 atom stereocenters. The molecule has 0 aromatic rings. The predicted molar refractivity (Wildman–Crippen MR) is 57.4 cm³/mol. The van der Waals surface area contributed by atoms with Gasteiger partial charge in [-0.1, -0.05) is 25.7 Å². The predicted octanol–water partition coefficient (Wildman–Crippen LogP) is 1.09. The minimum Gasteiger partial charge on any atom is -0.379 e. The number of carbonyl (C=O) groups excluding carboxylic acids is 1. The summed E-state index contributed by atoms with van der Waals surface area (Å²) in [5, 5.41) is 0. The number of hydrogen-bond acceptors (Lipinski definition) is 3. The quantitative estimate of drug-likeness (QED) is 0.555. The first kappa shape index (κ1) is 12.5. The number of ether oxygens (including phenoxy) is 2. The van der Waals surface area contributed by atoms with E-state index < -0.39 is 5.91 Å². The van der Waals surface area contributed by atoms with Crippen LogP contribution in [0.5, 0.6) is 0 Å². The molecule has 88 valence electrons. The normalized spacial score (nSPS) is 15.5. The van der Waals surface area contributed by atoms with Crippen molar-refractivity contribution >= 4 is 5.91 Å². The van der Waals surface area contributed by atoms with Crippen molar-refractivity contribution in [2.24, 2.45) is 11.7 Å². The van der Waals surface area contributed by atoms with E-state index in [1.54, 1.807) is 0 Å². The molecule has 0 unspecified atom stereocenters. The number of unbranched alkanes of at least 4 members (excludes halogenated alkanes) is 1. The Kier molecular flexibility index (Phi) is 6.36. The smallest absolute Gasteiger partial charge is 0.243 e. The van der Waals surface area contributed by atoms with Crippen LogP contribution in [0.2, 0.25) is 0 Å². The molecular formula is C11H21NO3. The lowest BCUT2D eigenvalue weighted by molar-refractivity contribution is -0.123. The van der Waals surface area contributed by atoms with Gasteiger partial charge in [-0.2, -0.15) is 0 Å². The summed E-state index contributed by atoms with van der Waals surface area (Å²) in [7, 11) is 0. The molecule has 0 spiro atoms. The fraction of sp³-hybridized carbons (Fsp3) is 0.909. The number of amides is 1. The van der Waals surface area contributed by atoms with E-state index in [2.05, 4.69) is 0 Å². The van der Waals surface area contributed by atoms with Crippen molar-refractivity contribution in [3.05, 3.63) is 0 Å². The minimum absolute atomic E-state index is 0.00889. The SMILES string of the molecule is NC(=O)COCCOCCCCC1CC1. The Hall–Kier alpha value is -0.610. The van der Waals surface area contributed by atoms with Gasteiger partial charge in [0.25, 0.3) is 0 Å². The molecule has 0 aromatic heterocycles. The van der Waals surface area contributed by atoms with Gasteiger partial charge in [-0.15, -0.1) is 0 Å². The number of carbonyl (C=O) groups is 1. The lowest BCUT2D eigenvalue weighted by Gasteiger charge is -2.04. The second-order valence-electron chi connectivity index (χ2n) is 4.07. The Morgan fingerprint density at radius 2 is 1.87 bits per heavy atom. The van der Waals surface area contributed by atoms with E-state index in [0.717, 1.165) is 18.9 Å². The summed E-state index contributed by atoms with van der Waals surface area (Å²) in [5.74, 6) is 0.586. The molecule has 0 bridgehead atoms. The topological polar surface area (TPSA) is 61.6 Å². The van der Waals surface area contributed by atoms with Crippen LogP contribution < -0.4 is 5.73 Å². The van der Waals surface area contributed by atoms with E-state index in [4.69, 9.17) is 15.2 Å². The monoisotopic (exact) mass is 215 g/mol. The molecule has 1 amide bonds. The molecule has 0 aliphatic heterocycles. The van der Waals surface area contributed by atoms with E-state index in [1.165, 1.54) is 25.7 Å². The molecule has 0 aromatic carbocycles. The maximum atomic E-state index is 10.3. The van der Waals surface area contributed by atoms with Crippen LogP contribution in [0, 0.1) is 5.92 Å². The summed E-state index contributed by atoms with van der Waals surface area (Å²) in [4.78, 5) is 10.3. The summed E-state index contributed by atoms with van der Waals surface area (Å²) in [6, 6.07) is 0. The Morgan fingerprint density at radius 1 is 1.13 bits per heavy atom. The molecule has 1 aliphatic carbocycles. The van der Waals surface area contributed by atoms with E-state index in [-0.39, 0.29) is 6.61 Å². The first-order valence-corrected chi connectivity index (χ1v) is 5.73. The van der Waals surface area contributed by atoms with E-state index in [9.17, 15) is 4.79 Å². The summed E-state index contributed by atoms with van der Waals surface area (Å²) in [5.41, 5.74) is 4.90.